The van der Waals surface area contributed by atoms with Gasteiger partial charge in [0.1, 0.15) is 5.82 Å². The first-order valence-corrected chi connectivity index (χ1v) is 10.4. The normalized spacial score (nSPS) is 21.7. The first kappa shape index (κ1) is 17.8. The molecule has 1 aliphatic carbocycles. The monoisotopic (exact) mass is 374 g/mol. The van der Waals surface area contributed by atoms with Crippen LogP contribution in [0.2, 0.25) is 0 Å². The molecule has 0 spiro atoms. The molecule has 2 aliphatic heterocycles. The minimum Gasteiger partial charge on any atom is -0.293 e. The zero-order valence-electron chi connectivity index (χ0n) is 16.2. The molecule has 3 aliphatic rings. The number of halogens is 1. The molecule has 0 radical (unpaired) electrons. The van der Waals surface area contributed by atoms with Gasteiger partial charge in [0, 0.05) is 32.2 Å². The molecule has 1 atom stereocenters. The Bertz CT molecular complexity index is 896. The van der Waals surface area contributed by atoms with Crippen molar-refractivity contribution in [3.63, 3.8) is 0 Å². The summed E-state index contributed by atoms with van der Waals surface area (Å²) in [5.41, 5.74) is 5.29. The summed E-state index contributed by atoms with van der Waals surface area (Å²) in [6.07, 6.45) is 10.3. The van der Waals surface area contributed by atoms with Crippen molar-refractivity contribution >= 4 is 0 Å². The van der Waals surface area contributed by atoms with E-state index in [0.717, 1.165) is 45.4 Å². The Morgan fingerprint density at radius 2 is 1.82 bits per heavy atom. The zero-order chi connectivity index (χ0) is 18.9. The minimum absolute atomic E-state index is 0.115. The van der Waals surface area contributed by atoms with Crippen LogP contribution in [0.5, 0.6) is 0 Å². The van der Waals surface area contributed by atoms with Crippen LogP contribution >= 0.6 is 0 Å². The van der Waals surface area contributed by atoms with Crippen LogP contribution in [-0.4, -0.2) is 35.5 Å². The van der Waals surface area contributed by atoms with Gasteiger partial charge in [-0.05, 0) is 53.7 Å². The van der Waals surface area contributed by atoms with Crippen LogP contribution in [-0.2, 0) is 13.0 Å². The predicted octanol–water partition coefficient (Wildman–Crippen LogP) is 4.89. The Hall–Kier alpha value is -2.23. The third-order valence-corrected chi connectivity index (χ3v) is 6.44. The number of nitrogens with zero attached hydrogens (tertiary/aromatic N) is 2. The van der Waals surface area contributed by atoms with Crippen molar-refractivity contribution in [3.05, 3.63) is 94.8 Å². The van der Waals surface area contributed by atoms with E-state index >= 15 is 0 Å². The highest BCUT2D eigenvalue weighted by molar-refractivity contribution is 5.37. The first-order valence-electron chi connectivity index (χ1n) is 10.4. The van der Waals surface area contributed by atoms with Gasteiger partial charge < -0.3 is 0 Å². The van der Waals surface area contributed by atoms with Gasteiger partial charge in [-0.15, -0.1) is 0 Å². The molecular formula is C25H27FN2. The van der Waals surface area contributed by atoms with Gasteiger partial charge in [0.25, 0.3) is 0 Å². The number of fused-ring (bicyclic) bond motifs is 1. The lowest BCUT2D eigenvalue weighted by atomic mass is 9.89. The highest BCUT2D eigenvalue weighted by Crippen LogP contribution is 2.36. The summed E-state index contributed by atoms with van der Waals surface area (Å²) in [5, 5.41) is 0. The number of hydrogen-bond donors (Lipinski definition) is 0. The summed E-state index contributed by atoms with van der Waals surface area (Å²) in [7, 11) is 0. The molecule has 2 aromatic carbocycles. The lowest BCUT2D eigenvalue weighted by Crippen LogP contribution is -2.60. The van der Waals surface area contributed by atoms with Gasteiger partial charge in [0.05, 0.1) is 6.04 Å². The fraction of sp³-hybridized carbons (Fsp3) is 0.360. The van der Waals surface area contributed by atoms with Crippen LogP contribution < -0.4 is 0 Å². The van der Waals surface area contributed by atoms with Gasteiger partial charge in [-0.1, -0.05) is 54.6 Å². The number of rotatable bonds is 4. The molecule has 28 heavy (non-hydrogen) atoms. The highest BCUT2D eigenvalue weighted by atomic mass is 19.1. The standard InChI is InChI=1S/C25H27FN2/c26-23-12-11-19-13-14-27(16-22(19)15-23)24-17-28(18-24)25(20-7-3-1-4-8-20)21-9-5-2-6-10-21/h1,3-5,7-12,15,24-25H,2,6,13-14,16-18H2. The molecular weight excluding hydrogens is 347 g/mol. The molecule has 0 saturated carbocycles. The van der Waals surface area contributed by atoms with Crippen LogP contribution in [0.1, 0.15) is 35.6 Å². The van der Waals surface area contributed by atoms with Crippen LogP contribution in [0.3, 0.4) is 0 Å². The number of allylic oxidation sites excluding steroid dienone is 2. The molecule has 1 fully saturated rings. The lowest BCUT2D eigenvalue weighted by molar-refractivity contribution is 0.00693. The molecule has 0 amide bonds. The van der Waals surface area contributed by atoms with Crippen LogP contribution in [0, 0.1) is 5.82 Å². The molecule has 0 aromatic heterocycles. The molecule has 0 bridgehead atoms. The summed E-state index contributed by atoms with van der Waals surface area (Å²) >= 11 is 0. The molecule has 2 heterocycles. The minimum atomic E-state index is -0.115. The van der Waals surface area contributed by atoms with Crippen LogP contribution in [0.4, 0.5) is 4.39 Å². The van der Waals surface area contributed by atoms with E-state index in [4.69, 9.17) is 0 Å². The van der Waals surface area contributed by atoms with E-state index in [2.05, 4.69) is 58.4 Å². The fourth-order valence-corrected chi connectivity index (χ4v) is 4.87. The maximum atomic E-state index is 13.6. The van der Waals surface area contributed by atoms with Gasteiger partial charge in [0.2, 0.25) is 0 Å². The van der Waals surface area contributed by atoms with Crippen molar-refractivity contribution in [1.29, 1.82) is 0 Å². The molecule has 2 nitrogen and oxygen atoms in total. The van der Waals surface area contributed by atoms with Gasteiger partial charge in [-0.25, -0.2) is 4.39 Å². The average Bonchev–Trinajstić information content (AvgIpc) is 2.71. The topological polar surface area (TPSA) is 6.48 Å². The summed E-state index contributed by atoms with van der Waals surface area (Å²) in [5.74, 6) is -0.115. The van der Waals surface area contributed by atoms with Crippen LogP contribution in [0.25, 0.3) is 0 Å². The quantitative estimate of drug-likeness (QED) is 0.752. The first-order chi connectivity index (χ1) is 13.8. The summed E-state index contributed by atoms with van der Waals surface area (Å²) in [4.78, 5) is 5.15. The van der Waals surface area contributed by atoms with Gasteiger partial charge >= 0.3 is 0 Å². The second-order valence-corrected chi connectivity index (χ2v) is 8.24. The number of likely N-dealkylation sites (tertiary alicyclic amines) is 1. The van der Waals surface area contributed by atoms with E-state index in [1.54, 1.807) is 12.1 Å². The zero-order valence-corrected chi connectivity index (χ0v) is 16.2. The van der Waals surface area contributed by atoms with Gasteiger partial charge in [-0.2, -0.15) is 0 Å². The SMILES string of the molecule is Fc1ccc2c(c1)CN(C1CN(C(C3=CCCC=C3)c3ccccc3)C1)CC2. The van der Waals surface area contributed by atoms with Crippen molar-refractivity contribution in [2.45, 2.75) is 37.9 Å². The van der Waals surface area contributed by atoms with Crippen molar-refractivity contribution in [3.8, 4) is 0 Å². The molecule has 144 valence electrons. The molecule has 1 saturated heterocycles. The van der Waals surface area contributed by atoms with E-state index in [1.807, 2.05) is 6.07 Å². The molecule has 0 N–H and O–H groups in total. The third kappa shape index (κ3) is 3.45. The second-order valence-electron chi connectivity index (χ2n) is 8.24. The molecule has 3 heteroatoms. The Kier molecular flexibility index (Phi) is 4.87. The lowest BCUT2D eigenvalue weighted by Gasteiger charge is -2.50. The Morgan fingerprint density at radius 3 is 2.61 bits per heavy atom. The van der Waals surface area contributed by atoms with Crippen molar-refractivity contribution in [1.82, 2.24) is 9.80 Å². The van der Waals surface area contributed by atoms with Crippen molar-refractivity contribution < 1.29 is 4.39 Å². The Morgan fingerprint density at radius 1 is 0.964 bits per heavy atom. The van der Waals surface area contributed by atoms with E-state index in [-0.39, 0.29) is 5.82 Å². The average molecular weight is 375 g/mol. The van der Waals surface area contributed by atoms with E-state index < -0.39 is 0 Å². The molecule has 5 rings (SSSR count). The van der Waals surface area contributed by atoms with Crippen molar-refractivity contribution in [2.24, 2.45) is 0 Å². The summed E-state index contributed by atoms with van der Waals surface area (Å²) in [6, 6.07) is 17.1. The van der Waals surface area contributed by atoms with E-state index in [1.165, 1.54) is 22.3 Å². The van der Waals surface area contributed by atoms with E-state index in [0.29, 0.717) is 12.1 Å². The van der Waals surface area contributed by atoms with Crippen molar-refractivity contribution in [2.75, 3.05) is 19.6 Å². The largest absolute Gasteiger partial charge is 0.293 e. The molecule has 2 aromatic rings. The molecule has 1 unspecified atom stereocenters. The van der Waals surface area contributed by atoms with Gasteiger partial charge in [0.15, 0.2) is 0 Å². The smallest absolute Gasteiger partial charge is 0.123 e. The summed E-state index contributed by atoms with van der Waals surface area (Å²) < 4.78 is 13.6. The fourth-order valence-electron chi connectivity index (χ4n) is 4.87. The Labute approximate surface area is 167 Å². The second kappa shape index (κ2) is 7.65. The summed E-state index contributed by atoms with van der Waals surface area (Å²) in [6.45, 7) is 4.12. The predicted molar refractivity (Wildman–Crippen MR) is 112 cm³/mol. The third-order valence-electron chi connectivity index (χ3n) is 6.44. The highest BCUT2D eigenvalue weighted by Gasteiger charge is 2.38. The maximum absolute atomic E-state index is 13.6. The maximum Gasteiger partial charge on any atom is 0.123 e. The number of hydrogen-bond acceptors (Lipinski definition) is 2. The van der Waals surface area contributed by atoms with Crippen LogP contribution in [0.15, 0.2) is 72.3 Å². The van der Waals surface area contributed by atoms with Gasteiger partial charge in [-0.3, -0.25) is 9.80 Å². The Balaban J connectivity index is 1.30. The number of benzene rings is 2. The van der Waals surface area contributed by atoms with E-state index in [9.17, 15) is 4.39 Å².